The van der Waals surface area contributed by atoms with E-state index in [2.05, 4.69) is 20.8 Å². The normalized spacial score (nSPS) is 15.0. The molecule has 1 aliphatic carbocycles. The van der Waals surface area contributed by atoms with E-state index in [-0.39, 0.29) is 17.7 Å². The van der Waals surface area contributed by atoms with Crippen molar-refractivity contribution in [2.24, 2.45) is 0 Å². The Morgan fingerprint density at radius 3 is 2.95 bits per heavy atom. The molecule has 0 atom stereocenters. The van der Waals surface area contributed by atoms with Crippen molar-refractivity contribution in [3.63, 3.8) is 0 Å². The van der Waals surface area contributed by atoms with Crippen molar-refractivity contribution in [3.8, 4) is 0 Å². The van der Waals surface area contributed by atoms with Gasteiger partial charge in [-0.05, 0) is 12.8 Å². The lowest BCUT2D eigenvalue weighted by Crippen LogP contribution is -2.44. The minimum Gasteiger partial charge on any atom is -0.383 e. The number of thioether (sulfide) groups is 1. The summed E-state index contributed by atoms with van der Waals surface area (Å²) >= 11 is 1.24. The number of nitrogens with one attached hydrogen (secondary N) is 2. The van der Waals surface area contributed by atoms with E-state index in [4.69, 9.17) is 4.74 Å². The van der Waals surface area contributed by atoms with Crippen LogP contribution in [0.15, 0.2) is 11.5 Å². The molecule has 1 aromatic heterocycles. The van der Waals surface area contributed by atoms with Gasteiger partial charge in [-0.2, -0.15) is 0 Å². The fraction of sp³-hybridized carbons (Fsp3) is 0.692. The number of amides is 3. The minimum atomic E-state index is -0.418. The van der Waals surface area contributed by atoms with Crippen LogP contribution in [0, 0.1) is 0 Å². The zero-order valence-corrected chi connectivity index (χ0v) is 13.4. The van der Waals surface area contributed by atoms with Gasteiger partial charge in [0.25, 0.3) is 0 Å². The van der Waals surface area contributed by atoms with Gasteiger partial charge in [0.2, 0.25) is 5.91 Å². The molecular weight excluding hydrogens is 306 g/mol. The molecule has 0 aromatic carbocycles. The molecule has 122 valence electrons. The number of rotatable bonds is 7. The van der Waals surface area contributed by atoms with Gasteiger partial charge < -0.3 is 14.6 Å². The highest BCUT2D eigenvalue weighted by atomic mass is 32.2. The van der Waals surface area contributed by atoms with Crippen LogP contribution in [0.4, 0.5) is 4.79 Å². The van der Waals surface area contributed by atoms with Crippen LogP contribution in [-0.2, 0) is 16.1 Å². The second-order valence-corrected chi connectivity index (χ2v) is 6.03. The van der Waals surface area contributed by atoms with E-state index in [1.807, 2.05) is 0 Å². The first-order valence-electron chi connectivity index (χ1n) is 7.29. The number of imide groups is 1. The Labute approximate surface area is 133 Å². The highest BCUT2D eigenvalue weighted by Gasteiger charge is 2.18. The molecule has 1 aliphatic rings. The van der Waals surface area contributed by atoms with E-state index in [0.29, 0.717) is 18.3 Å². The van der Waals surface area contributed by atoms with Crippen LogP contribution < -0.4 is 10.6 Å². The predicted octanol–water partition coefficient (Wildman–Crippen LogP) is 0.785. The van der Waals surface area contributed by atoms with Crippen molar-refractivity contribution >= 4 is 23.7 Å². The van der Waals surface area contributed by atoms with Crippen molar-refractivity contribution in [1.29, 1.82) is 0 Å². The average molecular weight is 327 g/mol. The molecule has 2 rings (SSSR count). The molecule has 0 bridgehead atoms. The molecular formula is C13H21N5O3S. The third-order valence-electron chi connectivity index (χ3n) is 3.39. The molecule has 0 unspecified atom stereocenters. The Balaban J connectivity index is 1.70. The number of methoxy groups -OCH3 is 1. The Kier molecular flexibility index (Phi) is 6.66. The standard InChI is InChI=1S/C13H21N5O3S/c1-21-7-6-18-9-14-17-13(18)22-8-11(19)16-12(20)15-10-4-2-3-5-10/h9-10H,2-8H2,1H3,(H2,15,16,19,20). The monoisotopic (exact) mass is 327 g/mol. The van der Waals surface area contributed by atoms with Gasteiger partial charge in [0.05, 0.1) is 12.4 Å². The Morgan fingerprint density at radius 1 is 1.45 bits per heavy atom. The van der Waals surface area contributed by atoms with Crippen molar-refractivity contribution in [2.75, 3.05) is 19.5 Å². The average Bonchev–Trinajstić information content (AvgIpc) is 3.14. The molecule has 9 heteroatoms. The Bertz CT molecular complexity index is 502. The molecule has 0 spiro atoms. The van der Waals surface area contributed by atoms with Crippen LogP contribution in [0.3, 0.4) is 0 Å². The first-order chi connectivity index (χ1) is 10.7. The molecule has 0 aliphatic heterocycles. The summed E-state index contributed by atoms with van der Waals surface area (Å²) in [5, 5.41) is 13.5. The number of ether oxygens (including phenoxy) is 1. The maximum Gasteiger partial charge on any atom is 0.321 e. The van der Waals surface area contributed by atoms with Crippen LogP contribution in [0.5, 0.6) is 0 Å². The molecule has 1 fully saturated rings. The predicted molar refractivity (Wildman–Crippen MR) is 81.6 cm³/mol. The summed E-state index contributed by atoms with van der Waals surface area (Å²) in [5.41, 5.74) is 0. The zero-order chi connectivity index (χ0) is 15.8. The lowest BCUT2D eigenvalue weighted by atomic mass is 10.2. The smallest absolute Gasteiger partial charge is 0.321 e. The summed E-state index contributed by atoms with van der Waals surface area (Å²) in [4.78, 5) is 23.4. The summed E-state index contributed by atoms with van der Waals surface area (Å²) < 4.78 is 6.80. The number of urea groups is 1. The first-order valence-corrected chi connectivity index (χ1v) is 8.27. The minimum absolute atomic E-state index is 0.115. The molecule has 22 heavy (non-hydrogen) atoms. The molecule has 8 nitrogen and oxygen atoms in total. The van der Waals surface area contributed by atoms with E-state index in [1.165, 1.54) is 11.8 Å². The zero-order valence-electron chi connectivity index (χ0n) is 12.6. The largest absolute Gasteiger partial charge is 0.383 e. The summed E-state index contributed by atoms with van der Waals surface area (Å²) in [5.74, 6) is -0.231. The van der Waals surface area contributed by atoms with Crippen LogP contribution >= 0.6 is 11.8 Å². The van der Waals surface area contributed by atoms with Gasteiger partial charge >= 0.3 is 6.03 Å². The number of nitrogens with zero attached hydrogens (tertiary/aromatic N) is 3. The third-order valence-corrected chi connectivity index (χ3v) is 4.37. The Morgan fingerprint density at radius 2 is 2.23 bits per heavy atom. The third kappa shape index (κ3) is 5.30. The second kappa shape index (κ2) is 8.74. The Hall–Kier alpha value is -1.61. The fourth-order valence-electron chi connectivity index (χ4n) is 2.28. The van der Waals surface area contributed by atoms with Crippen LogP contribution in [-0.4, -0.2) is 52.2 Å². The summed E-state index contributed by atoms with van der Waals surface area (Å²) in [6.07, 6.45) is 5.82. The number of carbonyl (C=O) groups is 2. The SMILES string of the molecule is COCCn1cnnc1SCC(=O)NC(=O)NC1CCCC1. The lowest BCUT2D eigenvalue weighted by molar-refractivity contribution is -0.117. The fourth-order valence-corrected chi connectivity index (χ4v) is 3.03. The topological polar surface area (TPSA) is 98.1 Å². The second-order valence-electron chi connectivity index (χ2n) is 5.09. The van der Waals surface area contributed by atoms with Gasteiger partial charge in [-0.3, -0.25) is 10.1 Å². The van der Waals surface area contributed by atoms with Gasteiger partial charge in [0, 0.05) is 19.7 Å². The summed E-state index contributed by atoms with van der Waals surface area (Å²) in [7, 11) is 1.62. The maximum absolute atomic E-state index is 11.8. The van der Waals surface area contributed by atoms with Crippen LogP contribution in [0.25, 0.3) is 0 Å². The van der Waals surface area contributed by atoms with Crippen LogP contribution in [0.1, 0.15) is 25.7 Å². The van der Waals surface area contributed by atoms with Crippen LogP contribution in [0.2, 0.25) is 0 Å². The van der Waals surface area contributed by atoms with Crippen molar-refractivity contribution in [3.05, 3.63) is 6.33 Å². The summed E-state index contributed by atoms with van der Waals surface area (Å²) in [6.45, 7) is 1.16. The molecule has 0 radical (unpaired) electrons. The number of carbonyl (C=O) groups excluding carboxylic acids is 2. The summed E-state index contributed by atoms with van der Waals surface area (Å²) in [6, 6.07) is -0.226. The highest BCUT2D eigenvalue weighted by molar-refractivity contribution is 7.99. The number of hydrogen-bond donors (Lipinski definition) is 2. The van der Waals surface area contributed by atoms with Crippen molar-refractivity contribution in [2.45, 2.75) is 43.4 Å². The van der Waals surface area contributed by atoms with E-state index >= 15 is 0 Å². The molecule has 1 aromatic rings. The highest BCUT2D eigenvalue weighted by Crippen LogP contribution is 2.17. The quantitative estimate of drug-likeness (QED) is 0.718. The van der Waals surface area contributed by atoms with Gasteiger partial charge in [-0.15, -0.1) is 10.2 Å². The van der Waals surface area contributed by atoms with Crippen molar-refractivity contribution in [1.82, 2.24) is 25.4 Å². The van der Waals surface area contributed by atoms with E-state index in [0.717, 1.165) is 25.7 Å². The van der Waals surface area contributed by atoms with Gasteiger partial charge in [-0.1, -0.05) is 24.6 Å². The van der Waals surface area contributed by atoms with E-state index < -0.39 is 6.03 Å². The first kappa shape index (κ1) is 16.8. The van der Waals surface area contributed by atoms with Crippen molar-refractivity contribution < 1.29 is 14.3 Å². The lowest BCUT2D eigenvalue weighted by Gasteiger charge is -2.12. The van der Waals surface area contributed by atoms with Gasteiger partial charge in [0.15, 0.2) is 5.16 Å². The van der Waals surface area contributed by atoms with Gasteiger partial charge in [-0.25, -0.2) is 4.79 Å². The maximum atomic E-state index is 11.8. The molecule has 3 amide bonds. The molecule has 1 saturated carbocycles. The number of aromatic nitrogens is 3. The van der Waals surface area contributed by atoms with E-state index in [1.54, 1.807) is 18.0 Å². The number of hydrogen-bond acceptors (Lipinski definition) is 6. The molecule has 0 saturated heterocycles. The van der Waals surface area contributed by atoms with E-state index in [9.17, 15) is 9.59 Å². The molecule has 2 N–H and O–H groups in total. The van der Waals surface area contributed by atoms with Gasteiger partial charge in [0.1, 0.15) is 6.33 Å². The molecule has 1 heterocycles.